The van der Waals surface area contributed by atoms with E-state index >= 15 is 0 Å². The molecule has 0 saturated carbocycles. The molecule has 0 amide bonds. The van der Waals surface area contributed by atoms with Crippen molar-refractivity contribution >= 4 is 11.8 Å². The van der Waals surface area contributed by atoms with E-state index in [-0.39, 0.29) is 0 Å². The highest BCUT2D eigenvalue weighted by atomic mass is 32.2. The van der Waals surface area contributed by atoms with Gasteiger partial charge in [-0.1, -0.05) is 36.1 Å². The molecule has 11 heavy (non-hydrogen) atoms. The van der Waals surface area contributed by atoms with Crippen LogP contribution in [0.4, 0.5) is 0 Å². The molecule has 2 aliphatic rings. The zero-order valence-electron chi connectivity index (χ0n) is 6.08. The molecule has 0 atom stereocenters. The molecule has 1 heterocycles. The van der Waals surface area contributed by atoms with Crippen LogP contribution in [0.2, 0.25) is 0 Å². The third-order valence-electron chi connectivity index (χ3n) is 1.62. The molecule has 2 rings (SSSR count). The van der Waals surface area contributed by atoms with Crippen LogP contribution < -0.4 is 0 Å². The van der Waals surface area contributed by atoms with Crippen molar-refractivity contribution in [1.29, 1.82) is 0 Å². The van der Waals surface area contributed by atoms with Crippen LogP contribution in [0.25, 0.3) is 0 Å². The van der Waals surface area contributed by atoms with Crippen LogP contribution in [0.5, 0.6) is 0 Å². The second-order valence-corrected chi connectivity index (χ2v) is 3.32. The van der Waals surface area contributed by atoms with Crippen LogP contribution in [-0.4, -0.2) is 0 Å². The lowest BCUT2D eigenvalue weighted by molar-refractivity contribution is 1.40. The van der Waals surface area contributed by atoms with E-state index in [4.69, 9.17) is 0 Å². The molecule has 0 aromatic heterocycles. The molecule has 1 aliphatic heterocycles. The Morgan fingerprint density at radius 2 is 2.18 bits per heavy atom. The lowest BCUT2D eigenvalue weighted by Crippen LogP contribution is -1.78. The Morgan fingerprint density at radius 1 is 1.27 bits per heavy atom. The van der Waals surface area contributed by atoms with E-state index in [2.05, 4.69) is 30.0 Å². The highest BCUT2D eigenvalue weighted by Crippen LogP contribution is 2.28. The van der Waals surface area contributed by atoms with Crippen molar-refractivity contribution in [2.75, 3.05) is 0 Å². The van der Waals surface area contributed by atoms with E-state index in [1.54, 1.807) is 11.8 Å². The van der Waals surface area contributed by atoms with E-state index < -0.39 is 0 Å². The van der Waals surface area contributed by atoms with Gasteiger partial charge < -0.3 is 0 Å². The summed E-state index contributed by atoms with van der Waals surface area (Å²) < 4.78 is 0. The topological polar surface area (TPSA) is 0 Å². The first-order valence-electron chi connectivity index (χ1n) is 3.62. The molecular formula is C10H8S. The van der Waals surface area contributed by atoms with E-state index in [0.717, 1.165) is 6.42 Å². The Balaban J connectivity index is 2.45. The maximum atomic E-state index is 3.08. The number of allylic oxidation sites excluding steroid dienone is 6. The SMILES string of the molecule is C1=CSC2=C(C=1)C=CCC=C2. The fourth-order valence-electron chi connectivity index (χ4n) is 1.07. The predicted molar refractivity (Wildman–Crippen MR) is 50.2 cm³/mol. The molecule has 0 N–H and O–H groups in total. The minimum atomic E-state index is 1.04. The Bertz CT molecular complexity index is 310. The summed E-state index contributed by atoms with van der Waals surface area (Å²) in [6.07, 6.45) is 11.7. The summed E-state index contributed by atoms with van der Waals surface area (Å²) in [5.41, 5.74) is 4.37. The largest absolute Gasteiger partial charge is 0.113 e. The van der Waals surface area contributed by atoms with Gasteiger partial charge in [0.05, 0.1) is 0 Å². The number of hydrogen-bond acceptors (Lipinski definition) is 1. The minimum absolute atomic E-state index is 1.04. The molecular weight excluding hydrogens is 152 g/mol. The molecule has 54 valence electrons. The van der Waals surface area contributed by atoms with Crippen molar-refractivity contribution in [3.8, 4) is 0 Å². The summed E-state index contributed by atoms with van der Waals surface area (Å²) in [4.78, 5) is 1.33. The van der Waals surface area contributed by atoms with E-state index in [1.165, 1.54) is 10.5 Å². The predicted octanol–water partition coefficient (Wildman–Crippen LogP) is 3.17. The van der Waals surface area contributed by atoms with Crippen LogP contribution in [0.1, 0.15) is 6.42 Å². The maximum Gasteiger partial charge on any atom is 0.0198 e. The summed E-state index contributed by atoms with van der Waals surface area (Å²) >= 11 is 1.73. The molecule has 0 radical (unpaired) electrons. The molecule has 0 spiro atoms. The molecule has 0 bridgehead atoms. The fraction of sp³-hybridized carbons (Fsp3) is 0.100. The van der Waals surface area contributed by atoms with Crippen LogP contribution in [0.3, 0.4) is 0 Å². The van der Waals surface area contributed by atoms with Crippen LogP contribution in [0.15, 0.2) is 52.0 Å². The highest BCUT2D eigenvalue weighted by molar-refractivity contribution is 8.06. The van der Waals surface area contributed by atoms with E-state index in [9.17, 15) is 0 Å². The van der Waals surface area contributed by atoms with Gasteiger partial charge in [-0.25, -0.2) is 0 Å². The average Bonchev–Trinajstić information content (AvgIpc) is 2.28. The van der Waals surface area contributed by atoms with Crippen molar-refractivity contribution in [2.24, 2.45) is 0 Å². The van der Waals surface area contributed by atoms with Crippen LogP contribution in [-0.2, 0) is 0 Å². The molecule has 0 aromatic rings. The molecule has 0 fully saturated rings. The Hall–Kier alpha value is -0.910. The second kappa shape index (κ2) is 3.00. The van der Waals surface area contributed by atoms with Gasteiger partial charge in [-0.2, -0.15) is 0 Å². The molecule has 0 unspecified atom stereocenters. The maximum absolute atomic E-state index is 3.08. The summed E-state index contributed by atoms with van der Waals surface area (Å²) in [5.74, 6) is 0. The van der Waals surface area contributed by atoms with Gasteiger partial charge in [0.1, 0.15) is 0 Å². The van der Waals surface area contributed by atoms with Gasteiger partial charge in [0, 0.05) is 10.3 Å². The van der Waals surface area contributed by atoms with Gasteiger partial charge in [-0.15, -0.1) is 5.73 Å². The number of hydrogen-bond donors (Lipinski definition) is 0. The van der Waals surface area contributed by atoms with Crippen molar-refractivity contribution < 1.29 is 0 Å². The lowest BCUT2D eigenvalue weighted by atomic mass is 10.2. The first-order chi connectivity index (χ1) is 5.47. The highest BCUT2D eigenvalue weighted by Gasteiger charge is 2.01. The third kappa shape index (κ3) is 1.40. The number of rotatable bonds is 0. The van der Waals surface area contributed by atoms with E-state index in [1.807, 2.05) is 11.5 Å². The lowest BCUT2D eigenvalue weighted by Gasteiger charge is -2.02. The van der Waals surface area contributed by atoms with Crippen molar-refractivity contribution in [1.82, 2.24) is 0 Å². The van der Waals surface area contributed by atoms with Gasteiger partial charge in [0.15, 0.2) is 0 Å². The quantitative estimate of drug-likeness (QED) is 0.490. The summed E-state index contributed by atoms with van der Waals surface area (Å²) in [7, 11) is 0. The van der Waals surface area contributed by atoms with Gasteiger partial charge in [0.2, 0.25) is 0 Å². The third-order valence-corrected chi connectivity index (χ3v) is 2.50. The van der Waals surface area contributed by atoms with Crippen molar-refractivity contribution in [3.05, 3.63) is 52.0 Å². The summed E-state index contributed by atoms with van der Waals surface area (Å²) in [5, 5.41) is 1.99. The molecule has 1 heteroatoms. The van der Waals surface area contributed by atoms with Gasteiger partial charge in [-0.05, 0) is 18.1 Å². The van der Waals surface area contributed by atoms with Gasteiger partial charge in [0.25, 0.3) is 0 Å². The Kier molecular flexibility index (Phi) is 1.85. The molecule has 0 nitrogen and oxygen atoms in total. The first-order valence-corrected chi connectivity index (χ1v) is 4.50. The Labute approximate surface area is 70.7 Å². The normalized spacial score (nSPS) is 20.4. The summed E-state index contributed by atoms with van der Waals surface area (Å²) in [6, 6.07) is 0. The first kappa shape index (κ1) is 6.78. The number of thioether (sulfide) groups is 1. The zero-order chi connectivity index (χ0) is 7.52. The van der Waals surface area contributed by atoms with Crippen molar-refractivity contribution in [2.45, 2.75) is 6.42 Å². The zero-order valence-corrected chi connectivity index (χ0v) is 6.90. The minimum Gasteiger partial charge on any atom is -0.113 e. The van der Waals surface area contributed by atoms with Gasteiger partial charge in [-0.3, -0.25) is 0 Å². The molecule has 0 aromatic carbocycles. The second-order valence-electron chi connectivity index (χ2n) is 2.41. The fourth-order valence-corrected chi connectivity index (χ4v) is 1.78. The Morgan fingerprint density at radius 3 is 3.18 bits per heavy atom. The van der Waals surface area contributed by atoms with Gasteiger partial charge >= 0.3 is 0 Å². The smallest absolute Gasteiger partial charge is 0.0198 e. The standard InChI is InChI=1S/C10H8S/c1-2-5-9-6-4-8-11-10(9)7-3-1/h2-3,5-8H,1H2. The molecule has 1 aliphatic carbocycles. The van der Waals surface area contributed by atoms with E-state index in [0.29, 0.717) is 0 Å². The summed E-state index contributed by atoms with van der Waals surface area (Å²) in [6.45, 7) is 0. The van der Waals surface area contributed by atoms with Crippen molar-refractivity contribution in [3.63, 3.8) is 0 Å². The average molecular weight is 160 g/mol. The van der Waals surface area contributed by atoms with Crippen LogP contribution in [0, 0.1) is 0 Å². The van der Waals surface area contributed by atoms with Crippen LogP contribution >= 0.6 is 11.8 Å². The monoisotopic (exact) mass is 160 g/mol. The molecule has 0 saturated heterocycles.